The highest BCUT2D eigenvalue weighted by atomic mass is 31.0. The van der Waals surface area contributed by atoms with Gasteiger partial charge in [0.1, 0.15) is 0 Å². The predicted octanol–water partition coefficient (Wildman–Crippen LogP) is 6.44. The molecule has 0 aliphatic rings. The fourth-order valence-electron chi connectivity index (χ4n) is 2.47. The van der Waals surface area contributed by atoms with Crippen LogP contribution >= 0.6 is 27.7 Å². The summed E-state index contributed by atoms with van der Waals surface area (Å²) in [6.45, 7) is 9.25. The Labute approximate surface area is 136 Å². The summed E-state index contributed by atoms with van der Waals surface area (Å²) < 4.78 is 0. The molecule has 0 heterocycles. The molecule has 0 spiro atoms. The lowest BCUT2D eigenvalue weighted by molar-refractivity contribution is 0.519. The van der Waals surface area contributed by atoms with Gasteiger partial charge in [0, 0.05) is 0 Å². The third-order valence-corrected chi connectivity index (χ3v) is 5.04. The number of hydrogen-bond acceptors (Lipinski definition) is 0. The molecule has 0 nitrogen and oxygen atoms in total. The molecule has 0 bridgehead atoms. The second-order valence-corrected chi connectivity index (χ2v) is 12.0. The topological polar surface area (TPSA) is 0 Å². The van der Waals surface area contributed by atoms with E-state index >= 15 is 0 Å². The van der Waals surface area contributed by atoms with Crippen molar-refractivity contribution in [3.8, 4) is 0 Å². The van der Waals surface area contributed by atoms with E-state index in [2.05, 4.69) is 55.4 Å². The largest absolute Gasteiger partial charge is 0.134 e. The summed E-state index contributed by atoms with van der Waals surface area (Å²) in [7, 11) is 8.98. The van der Waals surface area contributed by atoms with Gasteiger partial charge in [-0.2, -0.15) is 0 Å². The second-order valence-electron chi connectivity index (χ2n) is 7.94. The summed E-state index contributed by atoms with van der Waals surface area (Å²) in [5.41, 5.74) is 0.850. The molecular weight excluding hydrogens is 297 g/mol. The zero-order valence-corrected chi connectivity index (χ0v) is 17.8. The lowest BCUT2D eigenvalue weighted by atomic mass is 10.0. The first-order valence-corrected chi connectivity index (χ1v) is 10.3. The normalized spacial score (nSPS) is 13.2. The van der Waals surface area contributed by atoms with Crippen molar-refractivity contribution in [2.45, 2.75) is 108 Å². The van der Waals surface area contributed by atoms with Crippen LogP contribution in [0, 0.1) is 0 Å². The Balaban J connectivity index is 3.35. The molecule has 0 aromatic carbocycles. The van der Waals surface area contributed by atoms with Gasteiger partial charge >= 0.3 is 0 Å². The standard InChI is InChI=1S/C17H39P3/c1-16(2,19)13-9-5-7-11-15(18)12-8-6-10-14-17(3,4)20/h15H,5-14,18-20H2,1-4H3. The third-order valence-electron chi connectivity index (χ3n) is 3.79. The molecule has 0 amide bonds. The quantitative estimate of drug-likeness (QED) is 0.284. The van der Waals surface area contributed by atoms with Gasteiger partial charge in [0.2, 0.25) is 0 Å². The van der Waals surface area contributed by atoms with Crippen LogP contribution in [0.5, 0.6) is 0 Å². The molecular formula is C17H39P3. The van der Waals surface area contributed by atoms with Crippen molar-refractivity contribution < 1.29 is 0 Å². The van der Waals surface area contributed by atoms with Crippen LogP contribution in [-0.4, -0.2) is 16.0 Å². The minimum atomic E-state index is 0.436. The van der Waals surface area contributed by atoms with Gasteiger partial charge in [0.15, 0.2) is 0 Å². The van der Waals surface area contributed by atoms with Gasteiger partial charge in [0.05, 0.1) is 0 Å². The van der Waals surface area contributed by atoms with E-state index in [0.29, 0.717) is 10.3 Å². The number of rotatable bonds is 12. The van der Waals surface area contributed by atoms with Gasteiger partial charge in [-0.25, -0.2) is 0 Å². The van der Waals surface area contributed by atoms with E-state index in [1.54, 1.807) is 0 Å². The van der Waals surface area contributed by atoms with Crippen LogP contribution in [0.4, 0.5) is 0 Å². The highest BCUT2D eigenvalue weighted by molar-refractivity contribution is 7.19. The van der Waals surface area contributed by atoms with Crippen LogP contribution in [0.1, 0.15) is 91.9 Å². The highest BCUT2D eigenvalue weighted by Crippen LogP contribution is 2.26. The van der Waals surface area contributed by atoms with Crippen LogP contribution < -0.4 is 0 Å². The maximum Gasteiger partial charge on any atom is -0.0207 e. The van der Waals surface area contributed by atoms with E-state index in [-0.39, 0.29) is 0 Å². The van der Waals surface area contributed by atoms with Gasteiger partial charge in [-0.3, -0.25) is 0 Å². The van der Waals surface area contributed by atoms with E-state index in [4.69, 9.17) is 0 Å². The first-order valence-electron chi connectivity index (χ1n) is 8.43. The Hall–Kier alpha value is 1.29. The Kier molecular flexibility index (Phi) is 11.6. The summed E-state index contributed by atoms with van der Waals surface area (Å²) in [4.78, 5) is 0. The molecule has 20 heavy (non-hydrogen) atoms. The molecule has 0 aliphatic carbocycles. The predicted molar refractivity (Wildman–Crippen MR) is 107 cm³/mol. The minimum Gasteiger partial charge on any atom is -0.134 e. The molecule has 0 aromatic rings. The van der Waals surface area contributed by atoms with Crippen molar-refractivity contribution in [3.05, 3.63) is 0 Å². The lowest BCUT2D eigenvalue weighted by Crippen LogP contribution is -2.08. The highest BCUT2D eigenvalue weighted by Gasteiger charge is 2.10. The van der Waals surface area contributed by atoms with E-state index in [9.17, 15) is 0 Å². The first kappa shape index (κ1) is 21.3. The number of hydrogen-bond donors (Lipinski definition) is 0. The molecule has 3 unspecified atom stereocenters. The SMILES string of the molecule is CC(C)(P)CCCCCC(P)CCCCCC(C)(C)P. The van der Waals surface area contributed by atoms with E-state index in [1.165, 1.54) is 64.2 Å². The molecule has 3 atom stereocenters. The van der Waals surface area contributed by atoms with Crippen molar-refractivity contribution in [2.24, 2.45) is 0 Å². The fraction of sp³-hybridized carbons (Fsp3) is 1.00. The van der Waals surface area contributed by atoms with Crippen molar-refractivity contribution in [2.75, 3.05) is 0 Å². The molecule has 0 radical (unpaired) electrons. The molecule has 0 saturated heterocycles. The van der Waals surface area contributed by atoms with Crippen molar-refractivity contribution >= 4 is 27.7 Å². The molecule has 3 heteroatoms. The van der Waals surface area contributed by atoms with Crippen LogP contribution in [0.15, 0.2) is 0 Å². The third kappa shape index (κ3) is 17.3. The molecule has 122 valence electrons. The maximum atomic E-state index is 3.07. The van der Waals surface area contributed by atoms with Crippen LogP contribution in [-0.2, 0) is 0 Å². The summed E-state index contributed by atoms with van der Waals surface area (Å²) >= 11 is 0. The molecule has 0 aliphatic heterocycles. The molecule has 0 N–H and O–H groups in total. The average molecular weight is 336 g/mol. The van der Waals surface area contributed by atoms with Crippen molar-refractivity contribution in [1.29, 1.82) is 0 Å². The first-order chi connectivity index (χ1) is 9.10. The summed E-state index contributed by atoms with van der Waals surface area (Å²) in [5, 5.41) is 0.872. The fourth-order valence-corrected chi connectivity index (χ4v) is 3.35. The Bertz CT molecular complexity index is 201. The van der Waals surface area contributed by atoms with Crippen molar-refractivity contribution in [1.82, 2.24) is 0 Å². The monoisotopic (exact) mass is 336 g/mol. The zero-order chi connectivity index (χ0) is 15.6. The smallest absolute Gasteiger partial charge is 0.0207 e. The zero-order valence-electron chi connectivity index (χ0n) is 14.4. The number of unbranched alkanes of at least 4 members (excludes halogenated alkanes) is 4. The summed E-state index contributed by atoms with van der Waals surface area (Å²) in [5.74, 6) is 0. The van der Waals surface area contributed by atoms with E-state index in [1.807, 2.05) is 0 Å². The van der Waals surface area contributed by atoms with E-state index in [0.717, 1.165) is 5.66 Å². The van der Waals surface area contributed by atoms with Gasteiger partial charge in [0.25, 0.3) is 0 Å². The molecule has 0 rings (SSSR count). The Morgan fingerprint density at radius 3 is 1.30 bits per heavy atom. The van der Waals surface area contributed by atoms with Gasteiger partial charge in [-0.05, 0) is 41.7 Å². The molecule has 0 saturated carbocycles. The van der Waals surface area contributed by atoms with Gasteiger partial charge in [-0.15, -0.1) is 27.7 Å². The second kappa shape index (κ2) is 10.9. The van der Waals surface area contributed by atoms with Crippen LogP contribution in [0.2, 0.25) is 0 Å². The summed E-state index contributed by atoms with van der Waals surface area (Å²) in [6, 6.07) is 0. The van der Waals surface area contributed by atoms with Crippen LogP contribution in [0.25, 0.3) is 0 Å². The van der Waals surface area contributed by atoms with Crippen molar-refractivity contribution in [3.63, 3.8) is 0 Å². The summed E-state index contributed by atoms with van der Waals surface area (Å²) in [6.07, 6.45) is 13.9. The van der Waals surface area contributed by atoms with E-state index < -0.39 is 0 Å². The Morgan fingerprint density at radius 1 is 0.650 bits per heavy atom. The van der Waals surface area contributed by atoms with Gasteiger partial charge < -0.3 is 0 Å². The molecule has 0 aromatic heterocycles. The van der Waals surface area contributed by atoms with Gasteiger partial charge in [-0.1, -0.05) is 66.2 Å². The minimum absolute atomic E-state index is 0.436. The average Bonchev–Trinajstić information content (AvgIpc) is 2.25. The lowest BCUT2D eigenvalue weighted by Gasteiger charge is -2.18. The molecule has 0 fully saturated rings. The maximum absolute atomic E-state index is 3.07. The Morgan fingerprint density at radius 2 is 1.00 bits per heavy atom. The van der Waals surface area contributed by atoms with Crippen LogP contribution in [0.3, 0.4) is 0 Å².